The van der Waals surface area contributed by atoms with Gasteiger partial charge in [0.05, 0.1) is 6.10 Å². The van der Waals surface area contributed by atoms with Crippen LogP contribution in [0.5, 0.6) is 5.75 Å². The summed E-state index contributed by atoms with van der Waals surface area (Å²) in [5.41, 5.74) is 1.18. The van der Waals surface area contributed by atoms with Crippen LogP contribution in [0.3, 0.4) is 0 Å². The van der Waals surface area contributed by atoms with Gasteiger partial charge in [-0.3, -0.25) is 0 Å². The van der Waals surface area contributed by atoms with E-state index in [0.717, 1.165) is 35.4 Å². The van der Waals surface area contributed by atoms with Crippen LogP contribution in [0.25, 0.3) is 0 Å². The molecule has 2 rings (SSSR count). The van der Waals surface area contributed by atoms with E-state index in [1.165, 1.54) is 18.4 Å². The second kappa shape index (κ2) is 7.46. The largest absolute Gasteiger partial charge is 0.490 e. The van der Waals surface area contributed by atoms with Crippen LogP contribution in [0.15, 0.2) is 22.7 Å². The summed E-state index contributed by atoms with van der Waals surface area (Å²) >= 11 is 3.55. The highest BCUT2D eigenvalue weighted by Gasteiger charge is 2.24. The topological polar surface area (TPSA) is 29.5 Å². The summed E-state index contributed by atoms with van der Waals surface area (Å²) in [6.45, 7) is 4.54. The highest BCUT2D eigenvalue weighted by molar-refractivity contribution is 9.10. The maximum Gasteiger partial charge on any atom is 0.123 e. The van der Waals surface area contributed by atoms with E-state index in [9.17, 15) is 0 Å². The van der Waals surface area contributed by atoms with Gasteiger partial charge in [0.2, 0.25) is 0 Å². The molecule has 1 fully saturated rings. The van der Waals surface area contributed by atoms with Crippen molar-refractivity contribution in [2.24, 2.45) is 11.8 Å². The van der Waals surface area contributed by atoms with Crippen LogP contribution in [0.1, 0.15) is 44.6 Å². The molecule has 1 atom stereocenters. The van der Waals surface area contributed by atoms with Crippen molar-refractivity contribution in [1.82, 2.24) is 0 Å². The molecule has 1 aromatic carbocycles. The monoisotopic (exact) mass is 340 g/mol. The number of hydrogen-bond donors (Lipinski definition) is 1. The smallest absolute Gasteiger partial charge is 0.123 e. The normalized spacial score (nSPS) is 24.4. The molecular weight excluding hydrogens is 316 g/mol. The average Bonchev–Trinajstić information content (AvgIpc) is 2.46. The molecule has 0 bridgehead atoms. The van der Waals surface area contributed by atoms with Gasteiger partial charge < -0.3 is 9.84 Å². The SMILES string of the molecule is Cc1c(Br)cccc1OC1CCC(CC(C)CO)CC1. The van der Waals surface area contributed by atoms with Crippen LogP contribution in [-0.4, -0.2) is 17.8 Å². The second-order valence-corrected chi connectivity index (χ2v) is 7.00. The lowest BCUT2D eigenvalue weighted by Crippen LogP contribution is -2.25. The highest BCUT2D eigenvalue weighted by atomic mass is 79.9. The number of rotatable bonds is 5. The lowest BCUT2D eigenvalue weighted by molar-refractivity contribution is 0.115. The van der Waals surface area contributed by atoms with Gasteiger partial charge in [0.25, 0.3) is 0 Å². The standard InChI is InChI=1S/C17H25BrO2/c1-12(11-19)10-14-6-8-15(9-7-14)20-17-5-3-4-16(18)13(17)2/h3-5,12,14-15,19H,6-11H2,1-2H3. The molecule has 0 heterocycles. The van der Waals surface area contributed by atoms with E-state index in [1.54, 1.807) is 0 Å². The van der Waals surface area contributed by atoms with Gasteiger partial charge in [-0.15, -0.1) is 0 Å². The molecule has 20 heavy (non-hydrogen) atoms. The third-order valence-electron chi connectivity index (χ3n) is 4.35. The first kappa shape index (κ1) is 15.8. The van der Waals surface area contributed by atoms with Crippen LogP contribution in [0.2, 0.25) is 0 Å². The first-order chi connectivity index (χ1) is 9.60. The number of hydrogen-bond acceptors (Lipinski definition) is 2. The molecule has 0 spiro atoms. The number of benzene rings is 1. The molecule has 2 nitrogen and oxygen atoms in total. The fourth-order valence-corrected chi connectivity index (χ4v) is 3.37. The Kier molecular flexibility index (Phi) is 5.91. The second-order valence-electron chi connectivity index (χ2n) is 6.15. The first-order valence-electron chi connectivity index (χ1n) is 7.62. The summed E-state index contributed by atoms with van der Waals surface area (Å²) in [5, 5.41) is 9.14. The summed E-state index contributed by atoms with van der Waals surface area (Å²) in [7, 11) is 0. The molecule has 0 amide bonds. The van der Waals surface area contributed by atoms with Gasteiger partial charge in [-0.2, -0.15) is 0 Å². The maximum atomic E-state index is 9.14. The zero-order valence-electron chi connectivity index (χ0n) is 12.4. The molecule has 0 aliphatic heterocycles. The van der Waals surface area contributed by atoms with E-state index in [2.05, 4.69) is 41.9 Å². The predicted octanol–water partition coefficient (Wildman–Crippen LogP) is 4.71. The molecule has 0 saturated heterocycles. The van der Waals surface area contributed by atoms with Gasteiger partial charge in [0.1, 0.15) is 5.75 Å². The maximum absolute atomic E-state index is 9.14. The van der Waals surface area contributed by atoms with Gasteiger partial charge in [0, 0.05) is 16.6 Å². The van der Waals surface area contributed by atoms with E-state index in [-0.39, 0.29) is 0 Å². The lowest BCUT2D eigenvalue weighted by Gasteiger charge is -2.30. The Bertz CT molecular complexity index is 425. The third kappa shape index (κ3) is 4.23. The Morgan fingerprint density at radius 3 is 2.65 bits per heavy atom. The molecule has 1 aromatic rings. The number of halogens is 1. The zero-order valence-corrected chi connectivity index (χ0v) is 14.0. The van der Waals surface area contributed by atoms with E-state index in [0.29, 0.717) is 18.6 Å². The van der Waals surface area contributed by atoms with Crippen molar-refractivity contribution in [1.29, 1.82) is 0 Å². The molecule has 112 valence electrons. The van der Waals surface area contributed by atoms with Gasteiger partial charge in [0.15, 0.2) is 0 Å². The Morgan fingerprint density at radius 2 is 2.00 bits per heavy atom. The fraction of sp³-hybridized carbons (Fsp3) is 0.647. The van der Waals surface area contributed by atoms with Crippen LogP contribution < -0.4 is 4.74 Å². The van der Waals surface area contributed by atoms with Crippen molar-refractivity contribution in [2.45, 2.75) is 52.1 Å². The van der Waals surface area contributed by atoms with Crippen molar-refractivity contribution in [3.8, 4) is 5.75 Å². The molecule has 1 aliphatic carbocycles. The van der Waals surface area contributed by atoms with Crippen LogP contribution in [0, 0.1) is 18.8 Å². The Labute approximate surface area is 130 Å². The van der Waals surface area contributed by atoms with Gasteiger partial charge >= 0.3 is 0 Å². The van der Waals surface area contributed by atoms with Crippen molar-refractivity contribution >= 4 is 15.9 Å². The molecule has 1 N–H and O–H groups in total. The minimum atomic E-state index is 0.313. The van der Waals surface area contributed by atoms with E-state index in [1.807, 2.05) is 6.07 Å². The van der Waals surface area contributed by atoms with Gasteiger partial charge in [-0.05, 0) is 63.0 Å². The van der Waals surface area contributed by atoms with Crippen molar-refractivity contribution < 1.29 is 9.84 Å². The molecule has 0 radical (unpaired) electrons. The van der Waals surface area contributed by atoms with Gasteiger partial charge in [-0.1, -0.05) is 28.9 Å². The third-order valence-corrected chi connectivity index (χ3v) is 5.21. The number of ether oxygens (including phenoxy) is 1. The molecule has 1 saturated carbocycles. The average molecular weight is 341 g/mol. The van der Waals surface area contributed by atoms with Crippen molar-refractivity contribution in [3.63, 3.8) is 0 Å². The summed E-state index contributed by atoms with van der Waals surface area (Å²) in [5.74, 6) is 2.21. The minimum Gasteiger partial charge on any atom is -0.490 e. The summed E-state index contributed by atoms with van der Waals surface area (Å²) in [6.07, 6.45) is 6.22. The number of aliphatic hydroxyl groups is 1. The first-order valence-corrected chi connectivity index (χ1v) is 8.42. The van der Waals surface area contributed by atoms with Crippen LogP contribution >= 0.6 is 15.9 Å². The summed E-state index contributed by atoms with van der Waals surface area (Å²) < 4.78 is 7.28. The predicted molar refractivity (Wildman–Crippen MR) is 86.1 cm³/mol. The summed E-state index contributed by atoms with van der Waals surface area (Å²) in [4.78, 5) is 0. The van der Waals surface area contributed by atoms with Gasteiger partial charge in [-0.25, -0.2) is 0 Å². The highest BCUT2D eigenvalue weighted by Crippen LogP contribution is 2.33. The molecule has 1 unspecified atom stereocenters. The quantitative estimate of drug-likeness (QED) is 0.840. The number of aliphatic hydroxyl groups excluding tert-OH is 1. The van der Waals surface area contributed by atoms with Crippen LogP contribution in [0.4, 0.5) is 0 Å². The van der Waals surface area contributed by atoms with E-state index >= 15 is 0 Å². The summed E-state index contributed by atoms with van der Waals surface area (Å²) in [6, 6.07) is 6.14. The van der Waals surface area contributed by atoms with Crippen LogP contribution in [-0.2, 0) is 0 Å². The lowest BCUT2D eigenvalue weighted by atomic mass is 9.82. The Morgan fingerprint density at radius 1 is 1.30 bits per heavy atom. The molecule has 0 aromatic heterocycles. The molecular formula is C17H25BrO2. The molecule has 1 aliphatic rings. The van der Waals surface area contributed by atoms with Crippen molar-refractivity contribution in [3.05, 3.63) is 28.2 Å². The Balaban J connectivity index is 1.84. The molecule has 3 heteroatoms. The van der Waals surface area contributed by atoms with Crippen molar-refractivity contribution in [2.75, 3.05) is 6.61 Å². The fourth-order valence-electron chi connectivity index (χ4n) is 3.02. The zero-order chi connectivity index (χ0) is 14.5. The Hall–Kier alpha value is -0.540. The van der Waals surface area contributed by atoms with E-state index < -0.39 is 0 Å². The van der Waals surface area contributed by atoms with E-state index in [4.69, 9.17) is 9.84 Å². The minimum absolute atomic E-state index is 0.313.